The number of benzene rings is 1. The predicted molar refractivity (Wildman–Crippen MR) is 77.4 cm³/mol. The van der Waals surface area contributed by atoms with Crippen LogP contribution in [0.25, 0.3) is 0 Å². The standard InChI is InChI=1S/C15H20N4O/c1-10(11-8-6-5-7-9-11)16-13(20)12-17-14(19-18-12)15(2,3)4/h5-10H,1-4H3,(H,16,20)(H,17,18,19)/t10-/m1/s1. The van der Waals surface area contributed by atoms with Crippen LogP contribution in [-0.2, 0) is 5.41 Å². The second kappa shape index (κ2) is 5.45. The molecule has 1 atom stereocenters. The summed E-state index contributed by atoms with van der Waals surface area (Å²) in [5.74, 6) is 0.612. The van der Waals surface area contributed by atoms with Crippen LogP contribution in [0.2, 0.25) is 0 Å². The molecule has 0 radical (unpaired) electrons. The number of H-pyrrole nitrogens is 1. The molecule has 0 fully saturated rings. The van der Waals surface area contributed by atoms with E-state index in [0.717, 1.165) is 5.56 Å². The molecule has 0 saturated heterocycles. The van der Waals surface area contributed by atoms with Crippen molar-refractivity contribution in [2.75, 3.05) is 0 Å². The number of hydrogen-bond donors (Lipinski definition) is 2. The molecular weight excluding hydrogens is 252 g/mol. The third-order valence-corrected chi connectivity index (χ3v) is 3.05. The molecule has 0 saturated carbocycles. The van der Waals surface area contributed by atoms with Gasteiger partial charge in [0.15, 0.2) is 0 Å². The lowest BCUT2D eigenvalue weighted by molar-refractivity contribution is 0.0929. The Morgan fingerprint density at radius 3 is 2.45 bits per heavy atom. The van der Waals surface area contributed by atoms with E-state index in [1.54, 1.807) is 0 Å². The van der Waals surface area contributed by atoms with Crippen LogP contribution in [-0.4, -0.2) is 21.1 Å². The number of nitrogens with one attached hydrogen (secondary N) is 2. The highest BCUT2D eigenvalue weighted by atomic mass is 16.2. The summed E-state index contributed by atoms with van der Waals surface area (Å²) in [5, 5.41) is 9.69. The maximum Gasteiger partial charge on any atom is 0.291 e. The zero-order valence-corrected chi connectivity index (χ0v) is 12.3. The SMILES string of the molecule is C[C@@H](NC(=O)c1n[nH]c(C(C)(C)C)n1)c1ccccc1. The fourth-order valence-corrected chi connectivity index (χ4v) is 1.78. The van der Waals surface area contributed by atoms with Crippen molar-refractivity contribution < 1.29 is 4.79 Å². The fraction of sp³-hybridized carbons (Fsp3) is 0.400. The van der Waals surface area contributed by atoms with Crippen LogP contribution in [0.5, 0.6) is 0 Å². The van der Waals surface area contributed by atoms with Gasteiger partial charge in [0.2, 0.25) is 5.82 Å². The Morgan fingerprint density at radius 1 is 1.25 bits per heavy atom. The number of carbonyl (C=O) groups excluding carboxylic acids is 1. The van der Waals surface area contributed by atoms with Gasteiger partial charge < -0.3 is 5.32 Å². The largest absolute Gasteiger partial charge is 0.343 e. The van der Waals surface area contributed by atoms with Gasteiger partial charge in [0.25, 0.3) is 5.91 Å². The van der Waals surface area contributed by atoms with E-state index in [1.807, 2.05) is 58.0 Å². The molecule has 20 heavy (non-hydrogen) atoms. The molecule has 2 aromatic rings. The zero-order valence-electron chi connectivity index (χ0n) is 12.3. The first-order valence-corrected chi connectivity index (χ1v) is 6.66. The molecule has 0 unspecified atom stereocenters. The normalized spacial score (nSPS) is 13.0. The van der Waals surface area contributed by atoms with E-state index in [0.29, 0.717) is 5.82 Å². The van der Waals surface area contributed by atoms with E-state index in [-0.39, 0.29) is 23.2 Å². The van der Waals surface area contributed by atoms with E-state index >= 15 is 0 Å². The molecule has 1 amide bonds. The summed E-state index contributed by atoms with van der Waals surface area (Å²) in [6, 6.07) is 9.71. The Morgan fingerprint density at radius 2 is 1.90 bits per heavy atom. The summed E-state index contributed by atoms with van der Waals surface area (Å²) in [4.78, 5) is 16.4. The Kier molecular flexibility index (Phi) is 3.88. The highest BCUT2D eigenvalue weighted by Gasteiger charge is 2.22. The first-order valence-electron chi connectivity index (χ1n) is 6.66. The van der Waals surface area contributed by atoms with E-state index in [9.17, 15) is 4.79 Å². The van der Waals surface area contributed by atoms with Crippen LogP contribution in [0.3, 0.4) is 0 Å². The van der Waals surface area contributed by atoms with Gasteiger partial charge in [-0.3, -0.25) is 9.89 Å². The van der Waals surface area contributed by atoms with Gasteiger partial charge in [-0.05, 0) is 12.5 Å². The third kappa shape index (κ3) is 3.23. The molecule has 0 aliphatic rings. The number of aromatic nitrogens is 3. The van der Waals surface area contributed by atoms with Crippen molar-refractivity contribution in [2.24, 2.45) is 0 Å². The average molecular weight is 272 g/mol. The summed E-state index contributed by atoms with van der Waals surface area (Å²) >= 11 is 0. The molecule has 2 N–H and O–H groups in total. The zero-order chi connectivity index (χ0) is 14.8. The van der Waals surface area contributed by atoms with Gasteiger partial charge in [0.05, 0.1) is 6.04 Å². The van der Waals surface area contributed by atoms with Crippen molar-refractivity contribution in [2.45, 2.75) is 39.2 Å². The monoisotopic (exact) mass is 272 g/mol. The fourth-order valence-electron chi connectivity index (χ4n) is 1.78. The number of rotatable bonds is 3. The Hall–Kier alpha value is -2.17. The van der Waals surface area contributed by atoms with Crippen molar-refractivity contribution in [1.82, 2.24) is 20.5 Å². The summed E-state index contributed by atoms with van der Waals surface area (Å²) in [6.45, 7) is 7.98. The second-order valence-corrected chi connectivity index (χ2v) is 5.86. The van der Waals surface area contributed by atoms with Gasteiger partial charge in [-0.1, -0.05) is 51.1 Å². The Labute approximate surface area is 118 Å². The van der Waals surface area contributed by atoms with E-state index < -0.39 is 0 Å². The first-order chi connectivity index (χ1) is 9.38. The topological polar surface area (TPSA) is 70.7 Å². The molecular formula is C15H20N4O. The first kappa shape index (κ1) is 14.2. The molecule has 5 nitrogen and oxygen atoms in total. The third-order valence-electron chi connectivity index (χ3n) is 3.05. The molecule has 2 rings (SSSR count). The molecule has 1 heterocycles. The molecule has 5 heteroatoms. The van der Waals surface area contributed by atoms with Crippen LogP contribution in [0, 0.1) is 0 Å². The van der Waals surface area contributed by atoms with Crippen LogP contribution >= 0.6 is 0 Å². The number of carbonyl (C=O) groups is 1. The van der Waals surface area contributed by atoms with Crippen molar-refractivity contribution >= 4 is 5.91 Å². The van der Waals surface area contributed by atoms with E-state index in [2.05, 4.69) is 20.5 Å². The van der Waals surface area contributed by atoms with Gasteiger partial charge in [-0.2, -0.15) is 0 Å². The van der Waals surface area contributed by atoms with Crippen molar-refractivity contribution in [3.8, 4) is 0 Å². The second-order valence-electron chi connectivity index (χ2n) is 5.86. The van der Waals surface area contributed by atoms with Gasteiger partial charge in [0.1, 0.15) is 5.82 Å². The number of aromatic amines is 1. The molecule has 1 aromatic carbocycles. The lowest BCUT2D eigenvalue weighted by Crippen LogP contribution is -2.27. The molecule has 0 bridgehead atoms. The van der Waals surface area contributed by atoms with Gasteiger partial charge in [0, 0.05) is 5.41 Å². The minimum atomic E-state index is -0.270. The summed E-state index contributed by atoms with van der Waals surface area (Å²) in [7, 11) is 0. The predicted octanol–water partition coefficient (Wildman–Crippen LogP) is 2.59. The minimum absolute atomic E-state index is 0.0831. The minimum Gasteiger partial charge on any atom is -0.343 e. The van der Waals surface area contributed by atoms with Crippen LogP contribution in [0.4, 0.5) is 0 Å². The number of amides is 1. The molecule has 0 aliphatic carbocycles. The average Bonchev–Trinajstić information content (AvgIpc) is 2.89. The molecule has 0 aliphatic heterocycles. The number of nitrogens with zero attached hydrogens (tertiary/aromatic N) is 2. The lowest BCUT2D eigenvalue weighted by Gasteiger charge is -2.13. The van der Waals surface area contributed by atoms with Crippen LogP contribution in [0.1, 0.15) is 55.7 Å². The van der Waals surface area contributed by atoms with Crippen molar-refractivity contribution in [3.05, 3.63) is 47.5 Å². The highest BCUT2D eigenvalue weighted by Crippen LogP contribution is 2.17. The molecule has 106 valence electrons. The van der Waals surface area contributed by atoms with Crippen LogP contribution < -0.4 is 5.32 Å². The summed E-state index contributed by atoms with van der Waals surface area (Å²) in [6.07, 6.45) is 0. The van der Waals surface area contributed by atoms with Gasteiger partial charge >= 0.3 is 0 Å². The Balaban J connectivity index is 2.07. The van der Waals surface area contributed by atoms with Crippen molar-refractivity contribution in [3.63, 3.8) is 0 Å². The van der Waals surface area contributed by atoms with E-state index in [1.165, 1.54) is 0 Å². The summed E-state index contributed by atoms with van der Waals surface area (Å²) < 4.78 is 0. The summed E-state index contributed by atoms with van der Waals surface area (Å²) in [5.41, 5.74) is 0.892. The maximum atomic E-state index is 12.1. The molecule has 0 spiro atoms. The Bertz CT molecular complexity index is 583. The maximum absolute atomic E-state index is 12.1. The van der Waals surface area contributed by atoms with Gasteiger partial charge in [-0.15, -0.1) is 5.10 Å². The van der Waals surface area contributed by atoms with E-state index in [4.69, 9.17) is 0 Å². The van der Waals surface area contributed by atoms with Crippen LogP contribution in [0.15, 0.2) is 30.3 Å². The van der Waals surface area contributed by atoms with Gasteiger partial charge in [-0.25, -0.2) is 4.98 Å². The quantitative estimate of drug-likeness (QED) is 0.902. The molecule has 1 aromatic heterocycles. The lowest BCUT2D eigenvalue weighted by atomic mass is 9.96. The van der Waals surface area contributed by atoms with Crippen molar-refractivity contribution in [1.29, 1.82) is 0 Å². The smallest absolute Gasteiger partial charge is 0.291 e. The highest BCUT2D eigenvalue weighted by molar-refractivity contribution is 5.90. The number of hydrogen-bond acceptors (Lipinski definition) is 3.